The maximum Gasteiger partial charge on any atom is 0.342 e. The third-order valence-corrected chi connectivity index (χ3v) is 21.8. The molecule has 490 valence electrons. The summed E-state index contributed by atoms with van der Waals surface area (Å²) >= 11 is 14.5. The third-order valence-electron chi connectivity index (χ3n) is 21.3. The lowest BCUT2D eigenvalue weighted by molar-refractivity contribution is -0.386. The average Bonchev–Trinajstić information content (AvgIpc) is 1.69. The molecule has 4 saturated carbocycles. The second kappa shape index (κ2) is 29.4. The average molecular weight is 1310 g/mol. The van der Waals surface area contributed by atoms with Crippen LogP contribution in [0.15, 0.2) is 127 Å². The Morgan fingerprint density at radius 2 is 1.00 bits per heavy atom. The van der Waals surface area contributed by atoms with E-state index in [1.807, 2.05) is 6.08 Å². The van der Waals surface area contributed by atoms with E-state index in [9.17, 15) is 50.0 Å². The van der Waals surface area contributed by atoms with Gasteiger partial charge in [0.1, 0.15) is 37.6 Å². The quantitative estimate of drug-likeness (QED) is 0.0279. The van der Waals surface area contributed by atoms with Gasteiger partial charge in [-0.3, -0.25) is 40.5 Å². The molecule has 6 aromatic rings. The molecule has 6 aromatic carbocycles. The van der Waals surface area contributed by atoms with Crippen LogP contribution in [-0.4, -0.2) is 31.6 Å². The van der Waals surface area contributed by atoms with E-state index < -0.39 is 58.1 Å². The van der Waals surface area contributed by atoms with E-state index in [1.165, 1.54) is 143 Å². The molecule has 18 nitrogen and oxygen atoms in total. The largest absolute Gasteiger partial charge is 0.486 e. The SMILES string of the molecule is CC(C)CCC[C@@H](C)[C@H]1CC[C@H]2[C@@H]3CCC4C[C@@H](CCC=C(c5cc(Cl)c(OCc6ccccc6[N+](=O)[O-])c(C(=O)OCc6ccccc6[N+](=O)[O-])c5)c5cc(Cl)c(OCc6ccccc6[N+](=O)[O-])c(C(=O)OCc6ccccc6[N+](=O)[O-])c5)CC[C@]4(C)[C@H]3CC[C@]12C. The number of ether oxygens (including phenoxy) is 4. The summed E-state index contributed by atoms with van der Waals surface area (Å²) in [6.07, 6.45) is 18.2. The van der Waals surface area contributed by atoms with E-state index in [0.29, 0.717) is 46.3 Å². The number of carbonyl (C=O) groups is 2. The lowest BCUT2D eigenvalue weighted by Crippen LogP contribution is -2.53. The van der Waals surface area contributed by atoms with Crippen LogP contribution in [0, 0.1) is 98.6 Å². The molecule has 4 fully saturated rings. The lowest BCUT2D eigenvalue weighted by atomic mass is 9.44. The summed E-state index contributed by atoms with van der Waals surface area (Å²) in [6.45, 7) is 10.5. The second-order valence-electron chi connectivity index (χ2n) is 27.0. The molecule has 9 atom stereocenters. The molecule has 0 radical (unpaired) electrons. The second-order valence-corrected chi connectivity index (χ2v) is 27.8. The van der Waals surface area contributed by atoms with Crippen molar-refractivity contribution in [2.24, 2.45) is 58.2 Å². The van der Waals surface area contributed by atoms with Crippen molar-refractivity contribution in [3.05, 3.63) is 222 Å². The number of halogens is 2. The molecule has 0 amide bonds. The molecule has 0 bridgehead atoms. The number of carbonyl (C=O) groups excluding carboxylic acids is 2. The zero-order chi connectivity index (χ0) is 66.3. The van der Waals surface area contributed by atoms with Crippen molar-refractivity contribution in [3.63, 3.8) is 0 Å². The first-order valence-electron chi connectivity index (χ1n) is 32.4. The van der Waals surface area contributed by atoms with Gasteiger partial charge < -0.3 is 18.9 Å². The monoisotopic (exact) mass is 1310 g/mol. The van der Waals surface area contributed by atoms with Crippen molar-refractivity contribution in [1.29, 1.82) is 0 Å². The molecule has 0 aromatic heterocycles. The van der Waals surface area contributed by atoms with Gasteiger partial charge in [0.2, 0.25) is 0 Å². The Morgan fingerprint density at radius 1 is 0.559 bits per heavy atom. The van der Waals surface area contributed by atoms with Gasteiger partial charge in [-0.2, -0.15) is 0 Å². The third kappa shape index (κ3) is 14.9. The minimum absolute atomic E-state index is 0.0962. The number of nitro benzene ring substituents is 4. The molecule has 0 heterocycles. The summed E-state index contributed by atoms with van der Waals surface area (Å²) in [5.74, 6) is 2.99. The summed E-state index contributed by atoms with van der Waals surface area (Å²) in [5, 5.41) is 48.2. The molecule has 93 heavy (non-hydrogen) atoms. The van der Waals surface area contributed by atoms with Gasteiger partial charge in [0.25, 0.3) is 22.7 Å². The highest BCUT2D eigenvalue weighted by atomic mass is 35.5. The van der Waals surface area contributed by atoms with E-state index in [0.717, 1.165) is 55.3 Å². The predicted molar refractivity (Wildman–Crippen MR) is 355 cm³/mol. The van der Waals surface area contributed by atoms with Gasteiger partial charge in [0, 0.05) is 24.3 Å². The van der Waals surface area contributed by atoms with Gasteiger partial charge in [-0.05, 0) is 194 Å². The van der Waals surface area contributed by atoms with Crippen LogP contribution in [-0.2, 0) is 35.9 Å². The van der Waals surface area contributed by atoms with E-state index in [1.54, 1.807) is 36.4 Å². The minimum atomic E-state index is -1.01. The smallest absolute Gasteiger partial charge is 0.342 e. The zero-order valence-corrected chi connectivity index (χ0v) is 54.7. The molecular weight excluding hydrogens is 1230 g/mol. The van der Waals surface area contributed by atoms with Crippen molar-refractivity contribution in [1.82, 2.24) is 0 Å². The fourth-order valence-electron chi connectivity index (χ4n) is 16.6. The van der Waals surface area contributed by atoms with Crippen molar-refractivity contribution in [3.8, 4) is 11.5 Å². The van der Waals surface area contributed by atoms with Crippen LogP contribution in [0.25, 0.3) is 5.57 Å². The number of rotatable bonds is 26. The molecule has 1 unspecified atom stereocenters. The van der Waals surface area contributed by atoms with Crippen molar-refractivity contribution in [2.45, 2.75) is 151 Å². The summed E-state index contributed by atoms with van der Waals surface area (Å²) in [5.41, 5.74) is 0.647. The van der Waals surface area contributed by atoms with Gasteiger partial charge >= 0.3 is 11.9 Å². The molecule has 0 N–H and O–H groups in total. The Labute approximate surface area is 552 Å². The fraction of sp³-hybridized carbons (Fsp3) is 0.452. The molecule has 4 aliphatic rings. The number of hydrogen-bond donors (Lipinski definition) is 0. The van der Waals surface area contributed by atoms with Gasteiger partial charge in [-0.1, -0.05) is 132 Å². The number of fused-ring (bicyclic) bond motifs is 5. The molecule has 0 spiro atoms. The highest BCUT2D eigenvalue weighted by Crippen LogP contribution is 2.69. The predicted octanol–water partition coefficient (Wildman–Crippen LogP) is 19.4. The minimum Gasteiger partial charge on any atom is -0.486 e. The Kier molecular flexibility index (Phi) is 21.4. The normalized spacial score (nSPS) is 22.5. The number of benzene rings is 6. The topological polar surface area (TPSA) is 244 Å². The molecule has 0 saturated heterocycles. The van der Waals surface area contributed by atoms with Crippen LogP contribution in [0.1, 0.15) is 179 Å². The fourth-order valence-corrected chi connectivity index (χ4v) is 17.1. The highest BCUT2D eigenvalue weighted by Gasteiger charge is 2.60. The Hall–Kier alpha value is -8.22. The molecule has 4 aliphatic carbocycles. The van der Waals surface area contributed by atoms with E-state index >= 15 is 0 Å². The number of esters is 2. The lowest BCUT2D eigenvalue weighted by Gasteiger charge is -2.61. The standard InChI is InChI=1S/C73H80Cl2N4O14/c1-45(2)16-14-17-46(3)59-30-31-60-56-29-28-54-36-47(32-34-72(54,4)61(56)33-35-73(59,60)5)18-15-23-55(52-37-57(70(80)92-43-50-21-8-12-26-66(50)78(86)87)68(62(74)39-52)90-41-48-19-6-10-24-64(48)76(82)83)53-38-58(71(81)93-44-51-22-9-13-27-67(51)79(88)89)69(63(75)40-53)91-42-49-20-7-11-25-65(49)77(84)85/h6-13,19-27,37-40,45-47,54,56,59-61H,14-18,28-36,41-44H2,1-5H3/t46-,47+,54?,56+,59-,60+,61+,72+,73-/m1/s1. The van der Waals surface area contributed by atoms with Crippen molar-refractivity contribution >= 4 is 63.5 Å². The maximum atomic E-state index is 14.7. The highest BCUT2D eigenvalue weighted by molar-refractivity contribution is 6.33. The van der Waals surface area contributed by atoms with Crippen LogP contribution >= 0.6 is 23.2 Å². The zero-order valence-electron chi connectivity index (χ0n) is 53.2. The first-order valence-corrected chi connectivity index (χ1v) is 33.2. The van der Waals surface area contributed by atoms with E-state index in [4.69, 9.17) is 42.1 Å². The number of para-hydroxylation sites is 4. The van der Waals surface area contributed by atoms with Crippen LogP contribution in [0.2, 0.25) is 10.0 Å². The van der Waals surface area contributed by atoms with E-state index in [-0.39, 0.29) is 83.1 Å². The molecular formula is C73H80Cl2N4O14. The number of allylic oxidation sites excluding steroid dienone is 1. The number of nitro groups is 4. The van der Waals surface area contributed by atoms with Gasteiger partial charge in [0.05, 0.1) is 52.0 Å². The van der Waals surface area contributed by atoms with Gasteiger partial charge in [0.15, 0.2) is 11.5 Å². The van der Waals surface area contributed by atoms with Crippen molar-refractivity contribution < 1.29 is 48.2 Å². The molecule has 20 heteroatoms. The van der Waals surface area contributed by atoms with Gasteiger partial charge in [-0.15, -0.1) is 0 Å². The summed E-state index contributed by atoms with van der Waals surface area (Å²) in [4.78, 5) is 75.5. The van der Waals surface area contributed by atoms with Crippen LogP contribution in [0.5, 0.6) is 11.5 Å². The first-order chi connectivity index (χ1) is 44.6. The van der Waals surface area contributed by atoms with Crippen LogP contribution < -0.4 is 9.47 Å². The molecule has 10 rings (SSSR count). The Balaban J connectivity index is 1.01. The summed E-state index contributed by atoms with van der Waals surface area (Å²) in [6, 6.07) is 29.4. The van der Waals surface area contributed by atoms with Crippen LogP contribution in [0.3, 0.4) is 0 Å². The van der Waals surface area contributed by atoms with Crippen molar-refractivity contribution in [2.75, 3.05) is 0 Å². The number of hydrogen-bond acceptors (Lipinski definition) is 14. The van der Waals surface area contributed by atoms with E-state index in [2.05, 4.69) is 34.6 Å². The van der Waals surface area contributed by atoms with Crippen LogP contribution in [0.4, 0.5) is 22.7 Å². The molecule has 0 aliphatic heterocycles. The summed E-state index contributed by atoms with van der Waals surface area (Å²) in [7, 11) is 0. The summed E-state index contributed by atoms with van der Waals surface area (Å²) < 4.78 is 24.1. The number of nitrogens with zero attached hydrogens (tertiary/aromatic N) is 4. The van der Waals surface area contributed by atoms with Gasteiger partial charge in [-0.25, -0.2) is 9.59 Å². The maximum absolute atomic E-state index is 14.7. The first kappa shape index (κ1) is 67.7. The Morgan fingerprint density at radius 3 is 1.46 bits per heavy atom. The Bertz CT molecular complexity index is 3650.